The second-order valence-electron chi connectivity index (χ2n) is 2.91. The largest absolute Gasteiger partial charge is 0.467 e. The summed E-state index contributed by atoms with van der Waals surface area (Å²) in [6, 6.07) is 0. The summed E-state index contributed by atoms with van der Waals surface area (Å²) in [5.41, 5.74) is 0. The first-order valence-corrected chi connectivity index (χ1v) is 4.11. The number of aliphatic hydroxyl groups excluding tert-OH is 1. The number of hydrogen-bond donors (Lipinski definition) is 1. The zero-order chi connectivity index (χ0) is 8.97. The summed E-state index contributed by atoms with van der Waals surface area (Å²) in [7, 11) is 1.26. The molecule has 1 aliphatic heterocycles. The van der Waals surface area contributed by atoms with Crippen LogP contribution in [-0.2, 0) is 14.3 Å². The lowest BCUT2D eigenvalue weighted by Crippen LogP contribution is -2.26. The van der Waals surface area contributed by atoms with Gasteiger partial charge >= 0.3 is 5.97 Å². The Bertz CT molecular complexity index is 151. The highest BCUT2D eigenvalue weighted by atomic mass is 16.5. The van der Waals surface area contributed by atoms with Gasteiger partial charge in [0.1, 0.15) is 0 Å². The number of hydrogen-bond acceptors (Lipinski definition) is 4. The maximum absolute atomic E-state index is 10.8. The number of ether oxygens (including phenoxy) is 2. The number of esters is 1. The molecule has 0 aromatic rings. The average molecular weight is 174 g/mol. The lowest BCUT2D eigenvalue weighted by atomic mass is 10.1. The van der Waals surface area contributed by atoms with Gasteiger partial charge in [0.15, 0.2) is 6.10 Å². The molecule has 0 bridgehead atoms. The van der Waals surface area contributed by atoms with Gasteiger partial charge in [-0.2, -0.15) is 0 Å². The van der Waals surface area contributed by atoms with Crippen molar-refractivity contribution in [2.24, 2.45) is 0 Å². The summed E-state index contributed by atoms with van der Waals surface area (Å²) in [5.74, 6) is -0.578. The van der Waals surface area contributed by atoms with E-state index in [0.29, 0.717) is 6.42 Å². The van der Waals surface area contributed by atoms with Crippen LogP contribution in [0.2, 0.25) is 0 Å². The van der Waals surface area contributed by atoms with Gasteiger partial charge in [-0.25, -0.2) is 4.79 Å². The molecule has 0 amide bonds. The smallest absolute Gasteiger partial charge is 0.334 e. The molecule has 1 heterocycles. The Kier molecular flexibility index (Phi) is 3.49. The van der Waals surface area contributed by atoms with Gasteiger partial charge in [0.25, 0.3) is 0 Å². The van der Waals surface area contributed by atoms with E-state index in [4.69, 9.17) is 4.74 Å². The number of aliphatic hydroxyl groups is 1. The van der Waals surface area contributed by atoms with Gasteiger partial charge in [-0.05, 0) is 12.8 Å². The molecular weight excluding hydrogens is 160 g/mol. The van der Waals surface area contributed by atoms with Crippen LogP contribution in [0.25, 0.3) is 0 Å². The second kappa shape index (κ2) is 4.42. The summed E-state index contributed by atoms with van der Waals surface area (Å²) in [5, 5.41) is 9.22. The minimum Gasteiger partial charge on any atom is -0.467 e. The Balaban J connectivity index is 2.24. The molecule has 2 atom stereocenters. The van der Waals surface area contributed by atoms with Crippen molar-refractivity contribution in [1.82, 2.24) is 0 Å². The van der Waals surface area contributed by atoms with Crippen molar-refractivity contribution in [3.8, 4) is 0 Å². The van der Waals surface area contributed by atoms with E-state index < -0.39 is 12.1 Å². The fraction of sp³-hybridized carbons (Fsp3) is 0.875. The Labute approximate surface area is 71.5 Å². The first-order valence-electron chi connectivity index (χ1n) is 4.11. The van der Waals surface area contributed by atoms with Crippen LogP contribution in [-0.4, -0.2) is 37.0 Å². The zero-order valence-corrected chi connectivity index (χ0v) is 7.16. The maximum atomic E-state index is 10.8. The molecule has 0 spiro atoms. The summed E-state index contributed by atoms with van der Waals surface area (Å²) in [4.78, 5) is 10.8. The Morgan fingerprint density at radius 3 is 3.08 bits per heavy atom. The van der Waals surface area contributed by atoms with Gasteiger partial charge in [0, 0.05) is 13.0 Å². The van der Waals surface area contributed by atoms with Crippen LogP contribution < -0.4 is 0 Å². The first-order chi connectivity index (χ1) is 5.74. The maximum Gasteiger partial charge on any atom is 0.334 e. The molecule has 12 heavy (non-hydrogen) atoms. The molecule has 1 aliphatic rings. The van der Waals surface area contributed by atoms with Crippen molar-refractivity contribution < 1.29 is 19.4 Å². The fourth-order valence-corrected chi connectivity index (χ4v) is 1.31. The predicted molar refractivity (Wildman–Crippen MR) is 41.6 cm³/mol. The van der Waals surface area contributed by atoms with Crippen molar-refractivity contribution in [2.45, 2.75) is 31.5 Å². The number of carbonyl (C=O) groups is 1. The van der Waals surface area contributed by atoms with Crippen LogP contribution in [0.15, 0.2) is 0 Å². The minimum absolute atomic E-state index is 0.0269. The van der Waals surface area contributed by atoms with Crippen LogP contribution in [0.3, 0.4) is 0 Å². The lowest BCUT2D eigenvalue weighted by Gasteiger charge is -2.12. The number of carbonyl (C=O) groups excluding carboxylic acids is 1. The minimum atomic E-state index is -1.03. The van der Waals surface area contributed by atoms with E-state index in [2.05, 4.69) is 4.74 Å². The van der Waals surface area contributed by atoms with E-state index in [-0.39, 0.29) is 6.10 Å². The molecule has 1 saturated heterocycles. The van der Waals surface area contributed by atoms with Crippen LogP contribution in [0.5, 0.6) is 0 Å². The normalized spacial score (nSPS) is 25.3. The molecule has 0 aliphatic carbocycles. The summed E-state index contributed by atoms with van der Waals surface area (Å²) in [6.07, 6.45) is 1.29. The van der Waals surface area contributed by atoms with Crippen LogP contribution in [0.1, 0.15) is 19.3 Å². The van der Waals surface area contributed by atoms with Gasteiger partial charge in [-0.15, -0.1) is 0 Å². The molecule has 0 saturated carbocycles. The third-order valence-electron chi connectivity index (χ3n) is 1.98. The van der Waals surface area contributed by atoms with Crippen molar-refractivity contribution in [2.75, 3.05) is 13.7 Å². The van der Waals surface area contributed by atoms with E-state index in [9.17, 15) is 9.90 Å². The Morgan fingerprint density at radius 1 is 1.83 bits per heavy atom. The monoisotopic (exact) mass is 174 g/mol. The van der Waals surface area contributed by atoms with Crippen LogP contribution >= 0.6 is 0 Å². The van der Waals surface area contributed by atoms with E-state index in [1.54, 1.807) is 0 Å². The molecule has 0 radical (unpaired) electrons. The van der Waals surface area contributed by atoms with Crippen molar-refractivity contribution >= 4 is 5.97 Å². The van der Waals surface area contributed by atoms with E-state index in [1.165, 1.54) is 7.11 Å². The Hall–Kier alpha value is -0.610. The molecule has 2 unspecified atom stereocenters. The van der Waals surface area contributed by atoms with Crippen molar-refractivity contribution in [3.63, 3.8) is 0 Å². The molecule has 4 heteroatoms. The summed E-state index contributed by atoms with van der Waals surface area (Å²) < 4.78 is 9.63. The zero-order valence-electron chi connectivity index (χ0n) is 7.16. The molecule has 0 aromatic heterocycles. The van der Waals surface area contributed by atoms with Crippen molar-refractivity contribution in [1.29, 1.82) is 0 Å². The highest BCUT2D eigenvalue weighted by Gasteiger charge is 2.24. The first kappa shape index (κ1) is 9.48. The molecule has 70 valence electrons. The summed E-state index contributed by atoms with van der Waals surface area (Å²) >= 11 is 0. The lowest BCUT2D eigenvalue weighted by molar-refractivity contribution is -0.152. The van der Waals surface area contributed by atoms with Gasteiger partial charge in [-0.3, -0.25) is 0 Å². The van der Waals surface area contributed by atoms with Crippen LogP contribution in [0, 0.1) is 0 Å². The number of methoxy groups -OCH3 is 1. The number of rotatable bonds is 3. The fourth-order valence-electron chi connectivity index (χ4n) is 1.31. The van der Waals surface area contributed by atoms with E-state index in [1.807, 2.05) is 0 Å². The molecular formula is C8H14O4. The molecule has 1 N–H and O–H groups in total. The van der Waals surface area contributed by atoms with Gasteiger partial charge in [-0.1, -0.05) is 0 Å². The van der Waals surface area contributed by atoms with E-state index in [0.717, 1.165) is 19.4 Å². The van der Waals surface area contributed by atoms with Crippen LogP contribution in [0.4, 0.5) is 0 Å². The van der Waals surface area contributed by atoms with Gasteiger partial charge in [0.2, 0.25) is 0 Å². The topological polar surface area (TPSA) is 55.8 Å². The van der Waals surface area contributed by atoms with Crippen molar-refractivity contribution in [3.05, 3.63) is 0 Å². The third kappa shape index (κ3) is 2.46. The van der Waals surface area contributed by atoms with E-state index >= 15 is 0 Å². The quantitative estimate of drug-likeness (QED) is 0.616. The molecule has 1 rings (SSSR count). The third-order valence-corrected chi connectivity index (χ3v) is 1.98. The molecule has 1 fully saturated rings. The predicted octanol–water partition coefficient (Wildman–Crippen LogP) is 0.0894. The second-order valence-corrected chi connectivity index (χ2v) is 2.91. The Morgan fingerprint density at radius 2 is 2.58 bits per heavy atom. The molecule has 4 nitrogen and oxygen atoms in total. The molecule has 0 aromatic carbocycles. The standard InChI is InChI=1S/C8H14O4/c1-11-8(10)7(9)5-6-3-2-4-12-6/h6-7,9H,2-5H2,1H3. The van der Waals surface area contributed by atoms with Gasteiger partial charge in [0.05, 0.1) is 13.2 Å². The SMILES string of the molecule is COC(=O)C(O)CC1CCCO1. The van der Waals surface area contributed by atoms with Gasteiger partial charge < -0.3 is 14.6 Å². The summed E-state index contributed by atoms with van der Waals surface area (Å²) in [6.45, 7) is 0.735. The highest BCUT2D eigenvalue weighted by molar-refractivity contribution is 5.74. The average Bonchev–Trinajstić information content (AvgIpc) is 2.55. The highest BCUT2D eigenvalue weighted by Crippen LogP contribution is 2.17.